The Labute approximate surface area is 162 Å². The summed E-state index contributed by atoms with van der Waals surface area (Å²) in [5.74, 6) is -1.13. The first-order valence-electron chi connectivity index (χ1n) is 8.89. The second-order valence-corrected chi connectivity index (χ2v) is 8.04. The normalized spacial score (nSPS) is 12.3. The minimum Gasteiger partial charge on any atom is -0.480 e. The SMILES string of the molecule is CC(C)C[C@H](NC(=O)Cc1nc2cc(-c3ccccc3)ccc2s1)C(=O)O. The number of hydrogen-bond donors (Lipinski definition) is 2. The zero-order valence-corrected chi connectivity index (χ0v) is 16.1. The van der Waals surface area contributed by atoms with Gasteiger partial charge in [0.15, 0.2) is 0 Å². The van der Waals surface area contributed by atoms with Crippen LogP contribution in [0.25, 0.3) is 21.3 Å². The quantitative estimate of drug-likeness (QED) is 0.644. The van der Waals surface area contributed by atoms with E-state index in [1.54, 1.807) is 0 Å². The molecule has 5 nitrogen and oxygen atoms in total. The molecular weight excluding hydrogens is 360 g/mol. The highest BCUT2D eigenvalue weighted by molar-refractivity contribution is 7.18. The number of nitrogens with one attached hydrogen (secondary N) is 1. The lowest BCUT2D eigenvalue weighted by atomic mass is 10.0. The fraction of sp³-hybridized carbons (Fsp3) is 0.286. The van der Waals surface area contributed by atoms with E-state index in [2.05, 4.69) is 10.3 Å². The van der Waals surface area contributed by atoms with E-state index in [9.17, 15) is 14.7 Å². The molecule has 0 saturated heterocycles. The van der Waals surface area contributed by atoms with Crippen LogP contribution in [0.5, 0.6) is 0 Å². The summed E-state index contributed by atoms with van der Waals surface area (Å²) in [6, 6.07) is 15.3. The van der Waals surface area contributed by atoms with E-state index < -0.39 is 12.0 Å². The molecule has 140 valence electrons. The minimum absolute atomic E-state index is 0.0852. The smallest absolute Gasteiger partial charge is 0.326 e. The average Bonchev–Trinajstić information content (AvgIpc) is 3.02. The van der Waals surface area contributed by atoms with E-state index >= 15 is 0 Å². The molecule has 6 heteroatoms. The highest BCUT2D eigenvalue weighted by Gasteiger charge is 2.21. The molecule has 2 N–H and O–H groups in total. The molecule has 0 aliphatic carbocycles. The zero-order chi connectivity index (χ0) is 19.4. The first kappa shape index (κ1) is 19.0. The third-order valence-electron chi connectivity index (χ3n) is 4.19. The second-order valence-electron chi connectivity index (χ2n) is 6.92. The number of rotatable bonds is 7. The summed E-state index contributed by atoms with van der Waals surface area (Å²) in [4.78, 5) is 28.1. The molecule has 1 atom stereocenters. The summed E-state index contributed by atoms with van der Waals surface area (Å²) in [5.41, 5.74) is 3.04. The standard InChI is InChI=1S/C21H22N2O3S/c1-13(2)10-17(21(25)26)22-19(24)12-20-23-16-11-15(8-9-18(16)27-20)14-6-4-3-5-7-14/h3-9,11,13,17H,10,12H2,1-2H3,(H,22,24)(H,25,26)/t17-/m0/s1. The van der Waals surface area contributed by atoms with Crippen LogP contribution in [0.15, 0.2) is 48.5 Å². The molecule has 2 aromatic carbocycles. The number of nitrogens with zero attached hydrogens (tertiary/aromatic N) is 1. The number of carbonyl (C=O) groups excluding carboxylic acids is 1. The number of aromatic nitrogens is 1. The van der Waals surface area contributed by atoms with Gasteiger partial charge in [-0.1, -0.05) is 50.2 Å². The molecule has 3 aromatic rings. The van der Waals surface area contributed by atoms with Crippen LogP contribution in [-0.2, 0) is 16.0 Å². The van der Waals surface area contributed by atoms with Crippen molar-refractivity contribution in [2.45, 2.75) is 32.7 Å². The topological polar surface area (TPSA) is 79.3 Å². The van der Waals surface area contributed by atoms with Crippen molar-refractivity contribution in [2.75, 3.05) is 0 Å². The summed E-state index contributed by atoms with van der Waals surface area (Å²) < 4.78 is 1.01. The Kier molecular flexibility index (Phi) is 5.86. The molecule has 1 amide bonds. The van der Waals surface area contributed by atoms with Gasteiger partial charge in [-0.05, 0) is 35.6 Å². The monoisotopic (exact) mass is 382 g/mol. The van der Waals surface area contributed by atoms with Crippen molar-refractivity contribution in [1.29, 1.82) is 0 Å². The predicted molar refractivity (Wildman–Crippen MR) is 108 cm³/mol. The van der Waals surface area contributed by atoms with Crippen LogP contribution < -0.4 is 5.32 Å². The number of carboxylic acids is 1. The summed E-state index contributed by atoms with van der Waals surface area (Å²) in [6.45, 7) is 3.86. The van der Waals surface area contributed by atoms with Gasteiger partial charge in [0.2, 0.25) is 5.91 Å². The molecule has 0 spiro atoms. The number of carbonyl (C=O) groups is 2. The molecule has 0 fully saturated rings. The fourth-order valence-corrected chi connectivity index (χ4v) is 3.88. The number of amides is 1. The third kappa shape index (κ3) is 4.92. The summed E-state index contributed by atoms with van der Waals surface area (Å²) >= 11 is 1.46. The van der Waals surface area contributed by atoms with Crippen molar-refractivity contribution in [3.8, 4) is 11.1 Å². The van der Waals surface area contributed by atoms with Gasteiger partial charge in [0, 0.05) is 0 Å². The fourth-order valence-electron chi connectivity index (χ4n) is 2.94. The highest BCUT2D eigenvalue weighted by Crippen LogP contribution is 2.28. The molecule has 0 radical (unpaired) electrons. The van der Waals surface area contributed by atoms with Gasteiger partial charge in [0.1, 0.15) is 11.0 Å². The van der Waals surface area contributed by atoms with Crippen molar-refractivity contribution in [1.82, 2.24) is 10.3 Å². The Hall–Kier alpha value is -2.73. The number of thiazole rings is 1. The molecule has 27 heavy (non-hydrogen) atoms. The molecule has 3 rings (SSSR count). The summed E-state index contributed by atoms with van der Waals surface area (Å²) in [6.07, 6.45) is 0.489. The predicted octanol–water partition coefficient (Wildman–Crippen LogP) is 4.12. The number of fused-ring (bicyclic) bond motifs is 1. The lowest BCUT2D eigenvalue weighted by Gasteiger charge is -2.15. The van der Waals surface area contributed by atoms with Gasteiger partial charge in [-0.3, -0.25) is 4.79 Å². The Morgan fingerprint density at radius 1 is 1.11 bits per heavy atom. The average molecular weight is 382 g/mol. The van der Waals surface area contributed by atoms with E-state index in [-0.39, 0.29) is 18.2 Å². The third-order valence-corrected chi connectivity index (χ3v) is 5.23. The van der Waals surface area contributed by atoms with Gasteiger partial charge in [-0.25, -0.2) is 9.78 Å². The Bertz CT molecular complexity index is 950. The zero-order valence-electron chi connectivity index (χ0n) is 15.3. The first-order chi connectivity index (χ1) is 12.9. The largest absolute Gasteiger partial charge is 0.480 e. The van der Waals surface area contributed by atoms with Crippen LogP contribution in [0.2, 0.25) is 0 Å². The second kappa shape index (κ2) is 8.31. The molecule has 0 aliphatic heterocycles. The van der Waals surface area contributed by atoms with Crippen molar-refractivity contribution in [3.05, 3.63) is 53.5 Å². The van der Waals surface area contributed by atoms with Crippen LogP contribution >= 0.6 is 11.3 Å². The number of hydrogen-bond acceptors (Lipinski definition) is 4. The van der Waals surface area contributed by atoms with Crippen molar-refractivity contribution < 1.29 is 14.7 Å². The molecular formula is C21H22N2O3S. The summed E-state index contributed by atoms with van der Waals surface area (Å²) in [5, 5.41) is 12.6. The van der Waals surface area contributed by atoms with Crippen LogP contribution in [0.3, 0.4) is 0 Å². The lowest BCUT2D eigenvalue weighted by molar-refractivity contribution is -0.142. The Morgan fingerprint density at radius 2 is 1.85 bits per heavy atom. The van der Waals surface area contributed by atoms with E-state index in [0.29, 0.717) is 11.4 Å². The number of aliphatic carboxylic acids is 1. The maximum atomic E-state index is 12.3. The van der Waals surface area contributed by atoms with Crippen molar-refractivity contribution in [3.63, 3.8) is 0 Å². The van der Waals surface area contributed by atoms with Gasteiger partial charge < -0.3 is 10.4 Å². The molecule has 1 aromatic heterocycles. The van der Waals surface area contributed by atoms with E-state index in [1.165, 1.54) is 11.3 Å². The van der Waals surface area contributed by atoms with Crippen LogP contribution in [0.1, 0.15) is 25.3 Å². The minimum atomic E-state index is -1.01. The van der Waals surface area contributed by atoms with Crippen LogP contribution in [0.4, 0.5) is 0 Å². The van der Waals surface area contributed by atoms with Gasteiger partial charge in [0.05, 0.1) is 16.6 Å². The Morgan fingerprint density at radius 3 is 2.52 bits per heavy atom. The van der Waals surface area contributed by atoms with Gasteiger partial charge >= 0.3 is 5.97 Å². The van der Waals surface area contributed by atoms with E-state index in [0.717, 1.165) is 21.3 Å². The molecule has 0 bridgehead atoms. The van der Waals surface area contributed by atoms with Crippen molar-refractivity contribution in [2.24, 2.45) is 5.92 Å². The number of benzene rings is 2. The summed E-state index contributed by atoms with van der Waals surface area (Å²) in [7, 11) is 0. The number of carboxylic acid groups (broad SMARTS) is 1. The van der Waals surface area contributed by atoms with Crippen LogP contribution in [-0.4, -0.2) is 28.0 Å². The maximum absolute atomic E-state index is 12.3. The molecule has 0 unspecified atom stereocenters. The maximum Gasteiger partial charge on any atom is 0.326 e. The highest BCUT2D eigenvalue weighted by atomic mass is 32.1. The molecule has 0 saturated carbocycles. The van der Waals surface area contributed by atoms with Crippen LogP contribution in [0, 0.1) is 5.92 Å². The lowest BCUT2D eigenvalue weighted by Crippen LogP contribution is -2.42. The van der Waals surface area contributed by atoms with Gasteiger partial charge in [0.25, 0.3) is 0 Å². The van der Waals surface area contributed by atoms with Gasteiger partial charge in [-0.2, -0.15) is 0 Å². The van der Waals surface area contributed by atoms with E-state index in [1.807, 2.05) is 62.4 Å². The molecule has 0 aliphatic rings. The van der Waals surface area contributed by atoms with Crippen molar-refractivity contribution >= 4 is 33.4 Å². The molecule has 1 heterocycles. The Balaban J connectivity index is 1.73. The van der Waals surface area contributed by atoms with Gasteiger partial charge in [-0.15, -0.1) is 11.3 Å². The first-order valence-corrected chi connectivity index (χ1v) is 9.71. The van der Waals surface area contributed by atoms with E-state index in [4.69, 9.17) is 0 Å².